The van der Waals surface area contributed by atoms with Gasteiger partial charge >= 0.3 is 0 Å². The van der Waals surface area contributed by atoms with E-state index in [-0.39, 0.29) is 12.2 Å². The maximum absolute atomic E-state index is 5.79. The van der Waals surface area contributed by atoms with Crippen LogP contribution < -0.4 is 10.1 Å². The van der Waals surface area contributed by atoms with Crippen LogP contribution in [0.4, 0.5) is 0 Å². The van der Waals surface area contributed by atoms with E-state index >= 15 is 0 Å². The van der Waals surface area contributed by atoms with Crippen molar-refractivity contribution in [3.8, 4) is 5.75 Å². The van der Waals surface area contributed by atoms with Crippen LogP contribution in [0.3, 0.4) is 0 Å². The molecule has 3 nitrogen and oxygen atoms in total. The van der Waals surface area contributed by atoms with Gasteiger partial charge in [-0.15, -0.1) is 0 Å². The second kappa shape index (κ2) is 5.14. The van der Waals surface area contributed by atoms with Gasteiger partial charge in [0, 0.05) is 13.1 Å². The van der Waals surface area contributed by atoms with E-state index in [0.717, 1.165) is 25.4 Å². The van der Waals surface area contributed by atoms with Crippen molar-refractivity contribution in [3.05, 3.63) is 30.3 Å². The number of nitrogens with one attached hydrogen (secondary N) is 1. The van der Waals surface area contributed by atoms with Gasteiger partial charge in [0.15, 0.2) is 0 Å². The first-order valence-electron chi connectivity index (χ1n) is 5.40. The number of rotatable bonds is 3. The summed E-state index contributed by atoms with van der Waals surface area (Å²) in [5, 5.41) is 3.30. The lowest BCUT2D eigenvalue weighted by atomic mass is 10.2. The standard InChI is InChI=1S/C12H17NO2/c1-10(12-9-13-7-8-14-12)15-11-5-3-2-4-6-11/h2-6,10,12-13H,7-9H2,1H3. The summed E-state index contributed by atoms with van der Waals surface area (Å²) in [4.78, 5) is 0. The first-order chi connectivity index (χ1) is 7.36. The number of hydrogen-bond donors (Lipinski definition) is 1. The van der Waals surface area contributed by atoms with Crippen LogP contribution in [0.2, 0.25) is 0 Å². The Hall–Kier alpha value is -1.06. The van der Waals surface area contributed by atoms with Gasteiger partial charge in [0.1, 0.15) is 18.0 Å². The molecule has 0 bridgehead atoms. The van der Waals surface area contributed by atoms with Crippen LogP contribution in [0.15, 0.2) is 30.3 Å². The molecule has 1 aromatic carbocycles. The molecule has 2 rings (SSSR count). The molecule has 3 heteroatoms. The minimum Gasteiger partial charge on any atom is -0.488 e. The van der Waals surface area contributed by atoms with Crippen molar-refractivity contribution in [2.75, 3.05) is 19.7 Å². The summed E-state index contributed by atoms with van der Waals surface area (Å²) in [6.07, 6.45) is 0.235. The van der Waals surface area contributed by atoms with Gasteiger partial charge in [-0.05, 0) is 19.1 Å². The minimum atomic E-state index is 0.0835. The van der Waals surface area contributed by atoms with Gasteiger partial charge in [-0.1, -0.05) is 18.2 Å². The van der Waals surface area contributed by atoms with Crippen molar-refractivity contribution < 1.29 is 9.47 Å². The van der Waals surface area contributed by atoms with Gasteiger partial charge in [0.25, 0.3) is 0 Å². The number of para-hydroxylation sites is 1. The summed E-state index contributed by atoms with van der Waals surface area (Å²) < 4.78 is 11.4. The molecule has 82 valence electrons. The summed E-state index contributed by atoms with van der Waals surface area (Å²) in [5.41, 5.74) is 0. The van der Waals surface area contributed by atoms with Crippen molar-refractivity contribution in [3.63, 3.8) is 0 Å². The molecule has 15 heavy (non-hydrogen) atoms. The van der Waals surface area contributed by atoms with E-state index in [1.165, 1.54) is 0 Å². The summed E-state index contributed by atoms with van der Waals surface area (Å²) >= 11 is 0. The molecule has 2 unspecified atom stereocenters. The van der Waals surface area contributed by atoms with Crippen molar-refractivity contribution in [2.24, 2.45) is 0 Å². The lowest BCUT2D eigenvalue weighted by Crippen LogP contribution is -2.46. The van der Waals surface area contributed by atoms with Crippen molar-refractivity contribution in [2.45, 2.75) is 19.1 Å². The van der Waals surface area contributed by atoms with Crippen molar-refractivity contribution >= 4 is 0 Å². The van der Waals surface area contributed by atoms with Crippen LogP contribution in [-0.4, -0.2) is 31.9 Å². The van der Waals surface area contributed by atoms with Crippen LogP contribution in [-0.2, 0) is 4.74 Å². The number of hydrogen-bond acceptors (Lipinski definition) is 3. The topological polar surface area (TPSA) is 30.5 Å². The van der Waals surface area contributed by atoms with Crippen molar-refractivity contribution in [1.29, 1.82) is 0 Å². The average Bonchev–Trinajstić information content (AvgIpc) is 2.31. The van der Waals surface area contributed by atoms with E-state index in [2.05, 4.69) is 5.32 Å². The zero-order chi connectivity index (χ0) is 10.5. The minimum absolute atomic E-state index is 0.0835. The molecule has 1 aliphatic heterocycles. The van der Waals surface area contributed by atoms with Crippen LogP contribution in [0.5, 0.6) is 5.75 Å². The van der Waals surface area contributed by atoms with Gasteiger partial charge in [0.2, 0.25) is 0 Å². The molecule has 2 atom stereocenters. The zero-order valence-corrected chi connectivity index (χ0v) is 8.98. The Morgan fingerprint density at radius 2 is 2.20 bits per heavy atom. The van der Waals surface area contributed by atoms with E-state index in [4.69, 9.17) is 9.47 Å². The maximum Gasteiger partial charge on any atom is 0.123 e. The van der Waals surface area contributed by atoms with E-state index in [0.29, 0.717) is 0 Å². The summed E-state index contributed by atoms with van der Waals surface area (Å²) in [7, 11) is 0. The SMILES string of the molecule is CC(Oc1ccccc1)C1CNCCO1. The molecular weight excluding hydrogens is 190 g/mol. The van der Waals surface area contributed by atoms with E-state index in [1.807, 2.05) is 37.3 Å². The van der Waals surface area contributed by atoms with Crippen molar-refractivity contribution in [1.82, 2.24) is 5.32 Å². The second-order valence-corrected chi connectivity index (χ2v) is 3.75. The summed E-state index contributed by atoms with van der Waals surface area (Å²) in [5.74, 6) is 0.902. The Bertz CT molecular complexity index is 283. The van der Waals surface area contributed by atoms with Crippen LogP contribution in [0.1, 0.15) is 6.92 Å². The van der Waals surface area contributed by atoms with E-state index < -0.39 is 0 Å². The number of ether oxygens (including phenoxy) is 2. The van der Waals surface area contributed by atoms with Gasteiger partial charge in [0.05, 0.1) is 6.61 Å². The molecule has 0 amide bonds. The third kappa shape index (κ3) is 2.94. The zero-order valence-electron chi connectivity index (χ0n) is 8.98. The van der Waals surface area contributed by atoms with Gasteiger partial charge < -0.3 is 14.8 Å². The molecule has 0 aliphatic carbocycles. The average molecular weight is 207 g/mol. The molecule has 1 saturated heterocycles. The highest BCUT2D eigenvalue weighted by molar-refractivity contribution is 5.21. The van der Waals surface area contributed by atoms with Gasteiger partial charge in [-0.25, -0.2) is 0 Å². The Morgan fingerprint density at radius 3 is 2.87 bits per heavy atom. The largest absolute Gasteiger partial charge is 0.488 e. The maximum atomic E-state index is 5.79. The summed E-state index contributed by atoms with van der Waals surface area (Å²) in [6, 6.07) is 9.86. The van der Waals surface area contributed by atoms with E-state index in [1.54, 1.807) is 0 Å². The van der Waals surface area contributed by atoms with Gasteiger partial charge in [-0.3, -0.25) is 0 Å². The molecule has 0 radical (unpaired) electrons. The summed E-state index contributed by atoms with van der Waals surface area (Å²) in [6.45, 7) is 4.63. The fourth-order valence-corrected chi connectivity index (χ4v) is 1.68. The first-order valence-corrected chi connectivity index (χ1v) is 5.40. The van der Waals surface area contributed by atoms with Gasteiger partial charge in [-0.2, -0.15) is 0 Å². The van der Waals surface area contributed by atoms with Crippen LogP contribution >= 0.6 is 0 Å². The molecule has 1 fully saturated rings. The lowest BCUT2D eigenvalue weighted by molar-refractivity contribution is -0.0350. The quantitative estimate of drug-likeness (QED) is 0.813. The fourth-order valence-electron chi connectivity index (χ4n) is 1.68. The Balaban J connectivity index is 1.88. The highest BCUT2D eigenvalue weighted by Gasteiger charge is 2.21. The molecule has 0 spiro atoms. The molecule has 1 heterocycles. The highest BCUT2D eigenvalue weighted by atomic mass is 16.5. The lowest BCUT2D eigenvalue weighted by Gasteiger charge is -2.29. The number of morpholine rings is 1. The predicted octanol–water partition coefficient (Wildman–Crippen LogP) is 1.44. The fraction of sp³-hybridized carbons (Fsp3) is 0.500. The van der Waals surface area contributed by atoms with Crippen LogP contribution in [0, 0.1) is 0 Å². The molecular formula is C12H17NO2. The highest BCUT2D eigenvalue weighted by Crippen LogP contribution is 2.14. The third-order valence-electron chi connectivity index (χ3n) is 2.55. The number of benzene rings is 1. The normalized spacial score (nSPS) is 23.4. The Kier molecular flexibility index (Phi) is 3.59. The molecule has 0 aromatic heterocycles. The second-order valence-electron chi connectivity index (χ2n) is 3.75. The molecule has 1 N–H and O–H groups in total. The first kappa shape index (κ1) is 10.5. The van der Waals surface area contributed by atoms with Crippen LogP contribution in [0.25, 0.3) is 0 Å². The molecule has 0 saturated carbocycles. The third-order valence-corrected chi connectivity index (χ3v) is 2.55. The van der Waals surface area contributed by atoms with E-state index in [9.17, 15) is 0 Å². The molecule has 1 aromatic rings. The Labute approximate surface area is 90.4 Å². The monoisotopic (exact) mass is 207 g/mol. The molecule has 1 aliphatic rings. The Morgan fingerprint density at radius 1 is 1.40 bits per heavy atom. The smallest absolute Gasteiger partial charge is 0.123 e. The predicted molar refractivity (Wildman–Crippen MR) is 59.1 cm³/mol.